The van der Waals surface area contributed by atoms with Gasteiger partial charge in [0.25, 0.3) is 0 Å². The Bertz CT molecular complexity index is 916. The molecule has 1 heterocycles. The number of ether oxygens (including phenoxy) is 1. The van der Waals surface area contributed by atoms with E-state index in [2.05, 4.69) is 31.2 Å². The number of halogens is 1. The van der Waals surface area contributed by atoms with Gasteiger partial charge in [0, 0.05) is 15.6 Å². The van der Waals surface area contributed by atoms with Gasteiger partial charge < -0.3 is 4.74 Å². The highest BCUT2D eigenvalue weighted by molar-refractivity contribution is 9.10. The van der Waals surface area contributed by atoms with Crippen LogP contribution in [0.15, 0.2) is 58.1 Å². The van der Waals surface area contributed by atoms with Crippen LogP contribution in [0.3, 0.4) is 0 Å². The Morgan fingerprint density at radius 2 is 1.96 bits per heavy atom. The molecule has 0 radical (unpaired) electrons. The van der Waals surface area contributed by atoms with Crippen LogP contribution in [0.25, 0.3) is 11.4 Å². The van der Waals surface area contributed by atoms with Crippen molar-refractivity contribution >= 4 is 34.4 Å². The predicted molar refractivity (Wildman–Crippen MR) is 96.5 cm³/mol. The van der Waals surface area contributed by atoms with Crippen molar-refractivity contribution in [2.24, 2.45) is 5.10 Å². The fraction of sp³-hybridized carbons (Fsp3) is 0.0625. The SMILES string of the molecule is COc1ccccc1/C=N\n1c(-c2ccccc2Br)n[nH]c1=S. The highest BCUT2D eigenvalue weighted by atomic mass is 79.9. The van der Waals surface area contributed by atoms with Crippen molar-refractivity contribution in [3.63, 3.8) is 0 Å². The summed E-state index contributed by atoms with van der Waals surface area (Å²) in [6.07, 6.45) is 1.70. The molecule has 0 aliphatic rings. The van der Waals surface area contributed by atoms with E-state index in [1.54, 1.807) is 18.0 Å². The Morgan fingerprint density at radius 3 is 2.74 bits per heavy atom. The van der Waals surface area contributed by atoms with Crippen molar-refractivity contribution < 1.29 is 4.74 Å². The van der Waals surface area contributed by atoms with E-state index in [-0.39, 0.29) is 0 Å². The lowest BCUT2D eigenvalue weighted by Gasteiger charge is -2.05. The smallest absolute Gasteiger partial charge is 0.216 e. The van der Waals surface area contributed by atoms with Crippen LogP contribution < -0.4 is 4.74 Å². The number of rotatable bonds is 4. The number of nitrogens with one attached hydrogen (secondary N) is 1. The summed E-state index contributed by atoms with van der Waals surface area (Å²) in [4.78, 5) is 0. The first-order valence-corrected chi connectivity index (χ1v) is 8.00. The first-order valence-electron chi connectivity index (χ1n) is 6.80. The zero-order valence-corrected chi connectivity index (χ0v) is 14.6. The summed E-state index contributed by atoms with van der Waals surface area (Å²) in [5.74, 6) is 1.38. The molecule has 0 aliphatic carbocycles. The zero-order chi connectivity index (χ0) is 16.2. The van der Waals surface area contributed by atoms with Crippen LogP contribution in [0.1, 0.15) is 5.56 Å². The second kappa shape index (κ2) is 6.89. The topological polar surface area (TPSA) is 55.2 Å². The minimum Gasteiger partial charge on any atom is -0.496 e. The number of aromatic amines is 1. The van der Waals surface area contributed by atoms with Gasteiger partial charge in [0.05, 0.1) is 13.3 Å². The number of nitrogens with zero attached hydrogens (tertiary/aromatic N) is 3. The third kappa shape index (κ3) is 3.25. The molecule has 0 fully saturated rings. The molecule has 1 N–H and O–H groups in total. The molecule has 7 heteroatoms. The molecular weight excluding hydrogens is 376 g/mol. The Balaban J connectivity index is 2.05. The molecule has 0 saturated carbocycles. The van der Waals surface area contributed by atoms with E-state index < -0.39 is 0 Å². The lowest BCUT2D eigenvalue weighted by molar-refractivity contribution is 0.414. The Labute approximate surface area is 146 Å². The van der Waals surface area contributed by atoms with Crippen LogP contribution in [0.4, 0.5) is 0 Å². The largest absolute Gasteiger partial charge is 0.496 e. The maximum atomic E-state index is 5.32. The van der Waals surface area contributed by atoms with Gasteiger partial charge in [0.2, 0.25) is 4.77 Å². The summed E-state index contributed by atoms with van der Waals surface area (Å²) >= 11 is 8.80. The standard InChI is InChI=1S/C16H13BrN4OS/c1-22-14-9-5-2-6-11(14)10-18-21-15(19-20-16(21)23)12-7-3-4-8-13(12)17/h2-10H,1H3,(H,20,23)/b18-10-. The van der Waals surface area contributed by atoms with Crippen molar-refractivity contribution in [3.8, 4) is 17.1 Å². The molecule has 23 heavy (non-hydrogen) atoms. The second-order valence-corrected chi connectivity index (χ2v) is 5.87. The van der Waals surface area contributed by atoms with E-state index in [1.165, 1.54) is 0 Å². The molecule has 1 aromatic heterocycles. The van der Waals surface area contributed by atoms with Crippen LogP contribution in [0, 0.1) is 4.77 Å². The molecule has 3 rings (SSSR count). The van der Waals surface area contributed by atoms with Crippen LogP contribution in [-0.2, 0) is 0 Å². The Hall–Kier alpha value is -2.25. The van der Waals surface area contributed by atoms with Crippen LogP contribution in [0.2, 0.25) is 0 Å². The third-order valence-electron chi connectivity index (χ3n) is 3.22. The fourth-order valence-electron chi connectivity index (χ4n) is 2.11. The third-order valence-corrected chi connectivity index (χ3v) is 4.17. The minimum atomic E-state index is 0.418. The summed E-state index contributed by atoms with van der Waals surface area (Å²) in [5.41, 5.74) is 1.76. The van der Waals surface area contributed by atoms with E-state index in [0.717, 1.165) is 21.3 Å². The molecule has 3 aromatic rings. The summed E-state index contributed by atoms with van der Waals surface area (Å²) in [6, 6.07) is 15.4. The van der Waals surface area contributed by atoms with Crippen LogP contribution >= 0.6 is 28.1 Å². The average Bonchev–Trinajstić information content (AvgIpc) is 2.94. The molecule has 2 aromatic carbocycles. The molecule has 0 saturated heterocycles. The fourth-order valence-corrected chi connectivity index (χ4v) is 2.75. The maximum Gasteiger partial charge on any atom is 0.216 e. The van der Waals surface area contributed by atoms with Gasteiger partial charge in [0.15, 0.2) is 5.82 Å². The summed E-state index contributed by atoms with van der Waals surface area (Å²) in [6.45, 7) is 0. The Morgan fingerprint density at radius 1 is 1.22 bits per heavy atom. The molecule has 0 aliphatic heterocycles. The van der Waals surface area contributed by atoms with Crippen molar-refractivity contribution in [2.45, 2.75) is 0 Å². The lowest BCUT2D eigenvalue weighted by atomic mass is 10.2. The van der Waals surface area contributed by atoms with E-state index in [4.69, 9.17) is 17.0 Å². The lowest BCUT2D eigenvalue weighted by Crippen LogP contribution is -1.97. The second-order valence-electron chi connectivity index (χ2n) is 4.63. The quantitative estimate of drug-likeness (QED) is 0.536. The molecule has 0 atom stereocenters. The first kappa shape index (κ1) is 15.6. The van der Waals surface area contributed by atoms with Crippen LogP contribution in [-0.4, -0.2) is 28.2 Å². The Kier molecular flexibility index (Phi) is 4.68. The van der Waals surface area contributed by atoms with E-state index in [9.17, 15) is 0 Å². The molecule has 0 amide bonds. The van der Waals surface area contributed by atoms with Gasteiger partial charge in [-0.2, -0.15) is 14.9 Å². The molecule has 0 bridgehead atoms. The summed E-state index contributed by atoms with van der Waals surface area (Å²) in [7, 11) is 1.63. The highest BCUT2D eigenvalue weighted by Gasteiger charge is 2.11. The van der Waals surface area contributed by atoms with Gasteiger partial charge in [-0.1, -0.05) is 40.2 Å². The maximum absolute atomic E-state index is 5.32. The number of methoxy groups -OCH3 is 1. The van der Waals surface area contributed by atoms with Gasteiger partial charge in [0.1, 0.15) is 5.75 Å². The molecule has 5 nitrogen and oxygen atoms in total. The number of hydrogen-bond donors (Lipinski definition) is 1. The monoisotopic (exact) mass is 388 g/mol. The van der Waals surface area contributed by atoms with Crippen molar-refractivity contribution in [2.75, 3.05) is 7.11 Å². The van der Waals surface area contributed by atoms with Gasteiger partial charge in [-0.05, 0) is 36.5 Å². The number of hydrogen-bond acceptors (Lipinski definition) is 4. The number of para-hydroxylation sites is 1. The number of aromatic nitrogens is 3. The summed E-state index contributed by atoms with van der Waals surface area (Å²) in [5, 5.41) is 11.5. The van der Waals surface area contributed by atoms with Gasteiger partial charge >= 0.3 is 0 Å². The molecular formula is C16H13BrN4OS. The minimum absolute atomic E-state index is 0.418. The van der Waals surface area contributed by atoms with E-state index in [1.807, 2.05) is 48.5 Å². The number of H-pyrrole nitrogens is 1. The highest BCUT2D eigenvalue weighted by Crippen LogP contribution is 2.26. The zero-order valence-electron chi connectivity index (χ0n) is 12.2. The van der Waals surface area contributed by atoms with Gasteiger partial charge in [-0.3, -0.25) is 0 Å². The normalized spacial score (nSPS) is 11.0. The molecule has 0 unspecified atom stereocenters. The summed E-state index contributed by atoms with van der Waals surface area (Å²) < 4.78 is 8.24. The van der Waals surface area contributed by atoms with Crippen LogP contribution in [0.5, 0.6) is 5.75 Å². The predicted octanol–water partition coefficient (Wildman–Crippen LogP) is 4.26. The van der Waals surface area contributed by atoms with E-state index in [0.29, 0.717) is 10.6 Å². The van der Waals surface area contributed by atoms with Crippen molar-refractivity contribution in [3.05, 3.63) is 63.3 Å². The van der Waals surface area contributed by atoms with Crippen molar-refractivity contribution in [1.29, 1.82) is 0 Å². The van der Waals surface area contributed by atoms with Gasteiger partial charge in [-0.25, -0.2) is 5.10 Å². The average molecular weight is 389 g/mol. The molecule has 116 valence electrons. The van der Waals surface area contributed by atoms with E-state index >= 15 is 0 Å². The molecule has 0 spiro atoms. The van der Waals surface area contributed by atoms with Gasteiger partial charge in [-0.15, -0.1) is 0 Å². The first-order chi connectivity index (χ1) is 11.2. The van der Waals surface area contributed by atoms with Crippen molar-refractivity contribution in [1.82, 2.24) is 14.9 Å². The number of benzene rings is 2.